The molecule has 2 aromatic heterocycles. The minimum atomic E-state index is -0.336. The Morgan fingerprint density at radius 1 is 1.19 bits per heavy atom. The lowest BCUT2D eigenvalue weighted by Gasteiger charge is -2.22. The van der Waals surface area contributed by atoms with Crippen molar-refractivity contribution < 1.29 is 9.84 Å². The molecule has 32 heavy (non-hydrogen) atoms. The number of β-amino-alcohol motifs (C(OH)–C–C–N with tert-alkyl or cyclic N) is 1. The molecule has 2 aromatic carbocycles. The Morgan fingerprint density at radius 2 is 2.03 bits per heavy atom. The van der Waals surface area contributed by atoms with Gasteiger partial charge in [0.1, 0.15) is 11.4 Å². The summed E-state index contributed by atoms with van der Waals surface area (Å²) in [5.41, 5.74) is 11.1. The lowest BCUT2D eigenvalue weighted by Crippen LogP contribution is -2.22. The fourth-order valence-corrected chi connectivity index (χ4v) is 4.13. The molecule has 0 amide bonds. The highest BCUT2D eigenvalue weighted by Gasteiger charge is 2.23. The van der Waals surface area contributed by atoms with E-state index in [0.29, 0.717) is 35.3 Å². The van der Waals surface area contributed by atoms with Crippen molar-refractivity contribution in [3.8, 4) is 17.3 Å². The van der Waals surface area contributed by atoms with E-state index in [-0.39, 0.29) is 6.10 Å². The first-order valence-corrected chi connectivity index (χ1v) is 10.5. The maximum atomic E-state index is 9.86. The number of aliphatic hydroxyl groups is 1. The Bertz CT molecular complexity index is 1290. The minimum Gasteiger partial charge on any atom is -0.494 e. The third-order valence-corrected chi connectivity index (χ3v) is 5.77. The van der Waals surface area contributed by atoms with Crippen molar-refractivity contribution in [1.29, 1.82) is 0 Å². The van der Waals surface area contributed by atoms with E-state index in [1.54, 1.807) is 13.3 Å². The number of hydrogen-bond donors (Lipinski definition) is 3. The summed E-state index contributed by atoms with van der Waals surface area (Å²) in [6.07, 6.45) is 2.09. The van der Waals surface area contributed by atoms with Gasteiger partial charge in [-0.05, 0) is 30.7 Å². The zero-order valence-corrected chi connectivity index (χ0v) is 18.0. The van der Waals surface area contributed by atoms with Gasteiger partial charge in [-0.1, -0.05) is 12.1 Å². The van der Waals surface area contributed by atoms with Gasteiger partial charge in [-0.2, -0.15) is 0 Å². The Labute approximate surface area is 185 Å². The predicted octanol–water partition coefficient (Wildman–Crippen LogP) is 2.94. The van der Waals surface area contributed by atoms with Gasteiger partial charge in [-0.25, -0.2) is 15.0 Å². The van der Waals surface area contributed by atoms with Crippen LogP contribution in [0.1, 0.15) is 6.42 Å². The topological polar surface area (TPSA) is 114 Å². The van der Waals surface area contributed by atoms with E-state index in [1.165, 1.54) is 0 Å². The molecule has 164 valence electrons. The molecule has 0 radical (unpaired) electrons. The molecule has 9 nitrogen and oxygen atoms in total. The van der Waals surface area contributed by atoms with Gasteiger partial charge in [-0.15, -0.1) is 0 Å². The smallest absolute Gasteiger partial charge is 0.227 e. The number of aromatic nitrogens is 4. The van der Waals surface area contributed by atoms with Crippen LogP contribution < -0.4 is 20.7 Å². The number of para-hydroxylation sites is 2. The lowest BCUT2D eigenvalue weighted by molar-refractivity contribution is 0.198. The fraction of sp³-hybridized carbons (Fsp3) is 0.261. The number of nitrogens with zero attached hydrogens (tertiary/aromatic N) is 5. The van der Waals surface area contributed by atoms with Crippen molar-refractivity contribution in [2.24, 2.45) is 7.05 Å². The third-order valence-electron chi connectivity index (χ3n) is 5.77. The van der Waals surface area contributed by atoms with Crippen LogP contribution in [0.3, 0.4) is 0 Å². The number of hydrogen-bond acceptors (Lipinski definition) is 8. The van der Waals surface area contributed by atoms with E-state index in [0.717, 1.165) is 35.5 Å². The van der Waals surface area contributed by atoms with Gasteiger partial charge >= 0.3 is 0 Å². The summed E-state index contributed by atoms with van der Waals surface area (Å²) in [5.74, 6) is 1.79. The van der Waals surface area contributed by atoms with Crippen LogP contribution in [0, 0.1) is 0 Å². The van der Waals surface area contributed by atoms with E-state index in [9.17, 15) is 5.11 Å². The number of aliphatic hydroxyl groups excluding tert-OH is 1. The number of methoxy groups -OCH3 is 1. The molecule has 9 heteroatoms. The average Bonchev–Trinajstić information content (AvgIpc) is 3.38. The molecule has 1 aliphatic heterocycles. The fourth-order valence-electron chi connectivity index (χ4n) is 4.13. The van der Waals surface area contributed by atoms with Crippen molar-refractivity contribution in [2.75, 3.05) is 36.1 Å². The van der Waals surface area contributed by atoms with Crippen molar-refractivity contribution in [3.05, 3.63) is 48.7 Å². The number of fused-ring (bicyclic) bond motifs is 1. The van der Waals surface area contributed by atoms with Crippen LogP contribution in [0.15, 0.2) is 48.7 Å². The van der Waals surface area contributed by atoms with Gasteiger partial charge in [0.25, 0.3) is 0 Å². The van der Waals surface area contributed by atoms with Crippen molar-refractivity contribution in [3.63, 3.8) is 0 Å². The van der Waals surface area contributed by atoms with Crippen molar-refractivity contribution in [2.45, 2.75) is 12.5 Å². The number of nitrogens with one attached hydrogen (secondary N) is 1. The molecular weight excluding hydrogens is 406 g/mol. The van der Waals surface area contributed by atoms with E-state index in [1.807, 2.05) is 54.1 Å². The summed E-state index contributed by atoms with van der Waals surface area (Å²) in [5, 5.41) is 13.1. The average molecular weight is 432 g/mol. The first-order chi connectivity index (χ1) is 15.5. The highest BCUT2D eigenvalue weighted by atomic mass is 16.5. The van der Waals surface area contributed by atoms with Crippen LogP contribution in [0.25, 0.3) is 22.6 Å². The quantitative estimate of drug-likeness (QED) is 0.413. The molecule has 0 aliphatic carbocycles. The largest absolute Gasteiger partial charge is 0.494 e. The zero-order chi connectivity index (χ0) is 22.2. The molecule has 1 saturated heterocycles. The first-order valence-electron chi connectivity index (χ1n) is 10.5. The van der Waals surface area contributed by atoms with Gasteiger partial charge in [0.15, 0.2) is 5.82 Å². The van der Waals surface area contributed by atoms with E-state index in [2.05, 4.69) is 20.2 Å². The van der Waals surface area contributed by atoms with Gasteiger partial charge in [0.2, 0.25) is 5.95 Å². The van der Waals surface area contributed by atoms with E-state index >= 15 is 0 Å². The molecule has 0 spiro atoms. The molecule has 0 unspecified atom stereocenters. The number of benzene rings is 2. The maximum Gasteiger partial charge on any atom is 0.227 e. The minimum absolute atomic E-state index is 0.336. The predicted molar refractivity (Wildman–Crippen MR) is 125 cm³/mol. The molecule has 0 saturated carbocycles. The highest BCUT2D eigenvalue weighted by molar-refractivity contribution is 5.81. The van der Waals surface area contributed by atoms with Crippen LogP contribution in [0.5, 0.6) is 5.75 Å². The molecule has 3 heterocycles. The van der Waals surface area contributed by atoms with Crippen LogP contribution in [-0.4, -0.2) is 50.9 Å². The van der Waals surface area contributed by atoms with E-state index < -0.39 is 0 Å². The van der Waals surface area contributed by atoms with Crippen molar-refractivity contribution in [1.82, 2.24) is 19.5 Å². The van der Waals surface area contributed by atoms with Crippen LogP contribution in [0.4, 0.5) is 23.0 Å². The number of rotatable bonds is 5. The van der Waals surface area contributed by atoms with Gasteiger partial charge < -0.3 is 30.4 Å². The molecule has 4 aromatic rings. The second-order valence-electron chi connectivity index (χ2n) is 7.87. The lowest BCUT2D eigenvalue weighted by atomic mass is 10.2. The molecule has 1 fully saturated rings. The van der Waals surface area contributed by atoms with Gasteiger partial charge in [-0.3, -0.25) is 0 Å². The summed E-state index contributed by atoms with van der Waals surface area (Å²) in [6.45, 7) is 1.31. The number of imidazole rings is 1. The second-order valence-corrected chi connectivity index (χ2v) is 7.87. The summed E-state index contributed by atoms with van der Waals surface area (Å²) in [4.78, 5) is 15.8. The van der Waals surface area contributed by atoms with Crippen LogP contribution in [0.2, 0.25) is 0 Å². The number of aryl methyl sites for hydroxylation is 1. The summed E-state index contributed by atoms with van der Waals surface area (Å²) < 4.78 is 7.61. The molecule has 0 bridgehead atoms. The number of anilines is 4. The summed E-state index contributed by atoms with van der Waals surface area (Å²) in [7, 11) is 3.58. The normalized spacial score (nSPS) is 16.0. The van der Waals surface area contributed by atoms with Crippen LogP contribution in [-0.2, 0) is 7.05 Å². The summed E-state index contributed by atoms with van der Waals surface area (Å²) in [6, 6.07) is 13.5. The Kier molecular flexibility index (Phi) is 5.02. The van der Waals surface area contributed by atoms with Crippen LogP contribution >= 0.6 is 0 Å². The Balaban J connectivity index is 1.46. The number of nitrogen functional groups attached to an aromatic ring is 1. The zero-order valence-electron chi connectivity index (χ0n) is 18.0. The van der Waals surface area contributed by atoms with Gasteiger partial charge in [0, 0.05) is 32.4 Å². The molecule has 5 rings (SSSR count). The number of ether oxygens (including phenoxy) is 1. The molecular formula is C23H25N7O2. The summed E-state index contributed by atoms with van der Waals surface area (Å²) >= 11 is 0. The Hall–Kier alpha value is -3.85. The molecule has 4 N–H and O–H groups in total. The second kappa shape index (κ2) is 8.01. The van der Waals surface area contributed by atoms with Crippen molar-refractivity contribution >= 4 is 34.0 Å². The molecule has 1 aliphatic rings. The molecule has 1 atom stereocenters. The third kappa shape index (κ3) is 3.56. The monoisotopic (exact) mass is 431 g/mol. The highest BCUT2D eigenvalue weighted by Crippen LogP contribution is 2.37. The SMILES string of the molecule is COc1cc(N2CC[C@H](O)C2)c(N)cc1Nc1nccc(-c2nc3ccccc3n2C)n1. The first kappa shape index (κ1) is 20.1. The standard InChI is InChI=1S/C23H25N7O2/c1-29-19-6-4-3-5-16(19)26-22(29)17-7-9-25-23(27-17)28-18-11-15(24)20(12-21(18)32-2)30-10-8-14(31)13-30/h3-7,9,11-12,14,31H,8,10,13,24H2,1-2H3,(H,25,27,28)/t14-/m0/s1. The van der Waals surface area contributed by atoms with Gasteiger partial charge in [0.05, 0.1) is 41.3 Å². The maximum absolute atomic E-state index is 9.86. The number of nitrogens with two attached hydrogens (primary N) is 1. The van der Waals surface area contributed by atoms with E-state index in [4.69, 9.17) is 15.5 Å². The Morgan fingerprint density at radius 3 is 2.78 bits per heavy atom.